The molecule has 2 aromatic rings. The van der Waals surface area contributed by atoms with Crippen LogP contribution in [-0.2, 0) is 4.79 Å². The minimum Gasteiger partial charge on any atom is -0.505 e. The highest BCUT2D eigenvalue weighted by atomic mass is 16.4. The first-order valence-electron chi connectivity index (χ1n) is 6.90. The summed E-state index contributed by atoms with van der Waals surface area (Å²) in [6.45, 7) is 0.853. The van der Waals surface area contributed by atoms with Crippen LogP contribution in [-0.4, -0.2) is 57.6 Å². The maximum atomic E-state index is 12.5. The minimum atomic E-state index is -0.998. The Bertz CT molecular complexity index is 747. The first-order chi connectivity index (χ1) is 10.6. The van der Waals surface area contributed by atoms with Gasteiger partial charge in [0, 0.05) is 31.2 Å². The molecule has 1 aliphatic heterocycles. The van der Waals surface area contributed by atoms with Crippen molar-refractivity contribution in [2.45, 2.75) is 6.04 Å². The summed E-state index contributed by atoms with van der Waals surface area (Å²) >= 11 is 0. The highest BCUT2D eigenvalue weighted by Gasteiger charge is 2.29. The van der Waals surface area contributed by atoms with Crippen LogP contribution in [0.25, 0.3) is 10.9 Å². The molecule has 0 aliphatic carbocycles. The van der Waals surface area contributed by atoms with Crippen molar-refractivity contribution in [2.75, 3.05) is 19.6 Å². The van der Waals surface area contributed by atoms with Gasteiger partial charge in [0.25, 0.3) is 5.91 Å². The van der Waals surface area contributed by atoms with Gasteiger partial charge in [-0.15, -0.1) is 0 Å². The van der Waals surface area contributed by atoms with Crippen molar-refractivity contribution in [3.8, 4) is 5.75 Å². The lowest BCUT2D eigenvalue weighted by Gasteiger charge is -2.31. The molecule has 22 heavy (non-hydrogen) atoms. The van der Waals surface area contributed by atoms with E-state index in [4.69, 9.17) is 5.11 Å². The number of carboxylic acids is 1. The summed E-state index contributed by atoms with van der Waals surface area (Å²) in [5.74, 6) is -1.56. The molecule has 1 amide bonds. The van der Waals surface area contributed by atoms with E-state index in [1.165, 1.54) is 4.90 Å². The summed E-state index contributed by atoms with van der Waals surface area (Å²) in [6.07, 6.45) is 1.54. The Labute approximate surface area is 126 Å². The van der Waals surface area contributed by atoms with Crippen LogP contribution >= 0.6 is 0 Å². The number of hydrogen-bond acceptors (Lipinski definition) is 5. The third-order valence-electron chi connectivity index (χ3n) is 3.74. The quantitative estimate of drug-likeness (QED) is 0.744. The molecule has 114 valence electrons. The van der Waals surface area contributed by atoms with Crippen LogP contribution in [0.15, 0.2) is 30.5 Å². The second-order valence-corrected chi connectivity index (χ2v) is 5.13. The van der Waals surface area contributed by atoms with Crippen molar-refractivity contribution in [3.63, 3.8) is 0 Å². The number of nitrogens with zero attached hydrogens (tertiary/aromatic N) is 2. The predicted octanol–water partition coefficient (Wildman–Crippen LogP) is 0.439. The van der Waals surface area contributed by atoms with Crippen molar-refractivity contribution in [2.24, 2.45) is 0 Å². The normalized spacial score (nSPS) is 18.4. The number of aromatic nitrogens is 1. The molecule has 0 saturated carbocycles. The minimum absolute atomic E-state index is 0.0634. The Kier molecular flexibility index (Phi) is 3.64. The van der Waals surface area contributed by atoms with E-state index >= 15 is 0 Å². The molecular formula is C15H15N3O4. The monoisotopic (exact) mass is 301 g/mol. The summed E-state index contributed by atoms with van der Waals surface area (Å²) in [7, 11) is 0. The number of carbonyl (C=O) groups excluding carboxylic acids is 1. The number of phenolic OH excluding ortho intramolecular Hbond substituents is 1. The zero-order valence-corrected chi connectivity index (χ0v) is 11.7. The number of carboxylic acid groups (broad SMARTS) is 1. The number of piperazine rings is 1. The molecular weight excluding hydrogens is 286 g/mol. The van der Waals surface area contributed by atoms with Gasteiger partial charge in [-0.05, 0) is 12.1 Å². The lowest BCUT2D eigenvalue weighted by molar-refractivity contribution is -0.140. The second kappa shape index (κ2) is 5.61. The third kappa shape index (κ3) is 2.46. The van der Waals surface area contributed by atoms with Crippen LogP contribution in [0.5, 0.6) is 5.75 Å². The molecule has 1 aromatic heterocycles. The fourth-order valence-electron chi connectivity index (χ4n) is 2.57. The van der Waals surface area contributed by atoms with Gasteiger partial charge in [0.1, 0.15) is 11.6 Å². The van der Waals surface area contributed by atoms with E-state index in [0.29, 0.717) is 18.6 Å². The molecule has 1 fully saturated rings. The fourth-order valence-corrected chi connectivity index (χ4v) is 2.57. The van der Waals surface area contributed by atoms with Gasteiger partial charge in [-0.1, -0.05) is 12.1 Å². The zero-order chi connectivity index (χ0) is 15.7. The van der Waals surface area contributed by atoms with Gasteiger partial charge in [0.05, 0.1) is 5.56 Å². The van der Waals surface area contributed by atoms with Crippen molar-refractivity contribution >= 4 is 22.8 Å². The summed E-state index contributed by atoms with van der Waals surface area (Å²) < 4.78 is 0. The predicted molar refractivity (Wildman–Crippen MR) is 78.7 cm³/mol. The molecule has 0 spiro atoms. The second-order valence-electron chi connectivity index (χ2n) is 5.13. The number of fused-ring (bicyclic) bond motifs is 1. The number of nitrogens with one attached hydrogen (secondary N) is 1. The average molecular weight is 301 g/mol. The van der Waals surface area contributed by atoms with Gasteiger partial charge in [0.15, 0.2) is 5.75 Å². The molecule has 1 unspecified atom stereocenters. The SMILES string of the molecule is O=C(O)C1CN(C(=O)c2ccc3cccnc3c2O)CCN1. The molecule has 1 atom stereocenters. The van der Waals surface area contributed by atoms with E-state index in [9.17, 15) is 14.7 Å². The standard InChI is InChI=1S/C15H15N3O4/c19-13-10(4-3-9-2-1-5-17-12(9)13)14(20)18-7-6-16-11(8-18)15(21)22/h1-5,11,16,19H,6-8H2,(H,21,22). The molecule has 0 bridgehead atoms. The van der Waals surface area contributed by atoms with Crippen molar-refractivity contribution in [1.82, 2.24) is 15.2 Å². The molecule has 0 radical (unpaired) electrons. The van der Waals surface area contributed by atoms with Gasteiger partial charge in [-0.3, -0.25) is 14.6 Å². The van der Waals surface area contributed by atoms with Crippen LogP contribution in [0.2, 0.25) is 0 Å². The number of aliphatic carboxylic acids is 1. The van der Waals surface area contributed by atoms with Crippen LogP contribution < -0.4 is 5.32 Å². The van der Waals surface area contributed by atoms with Crippen LogP contribution in [0.3, 0.4) is 0 Å². The average Bonchev–Trinajstić information content (AvgIpc) is 2.55. The number of carbonyl (C=O) groups is 2. The van der Waals surface area contributed by atoms with Gasteiger partial charge >= 0.3 is 5.97 Å². The zero-order valence-electron chi connectivity index (χ0n) is 11.7. The number of aromatic hydroxyl groups is 1. The Morgan fingerprint density at radius 3 is 2.91 bits per heavy atom. The first-order valence-corrected chi connectivity index (χ1v) is 6.90. The molecule has 1 aliphatic rings. The molecule has 2 heterocycles. The molecule has 1 aromatic carbocycles. The van der Waals surface area contributed by atoms with Crippen LogP contribution in [0.1, 0.15) is 10.4 Å². The number of rotatable bonds is 2. The Hall–Kier alpha value is -2.67. The largest absolute Gasteiger partial charge is 0.505 e. The van der Waals surface area contributed by atoms with Gasteiger partial charge < -0.3 is 20.4 Å². The molecule has 3 rings (SSSR count). The van der Waals surface area contributed by atoms with Gasteiger partial charge in [0.2, 0.25) is 0 Å². The number of amides is 1. The maximum absolute atomic E-state index is 12.5. The van der Waals surface area contributed by atoms with E-state index in [2.05, 4.69) is 10.3 Å². The molecule has 1 saturated heterocycles. The Morgan fingerprint density at radius 1 is 1.32 bits per heavy atom. The van der Waals surface area contributed by atoms with E-state index in [1.807, 2.05) is 0 Å². The van der Waals surface area contributed by atoms with E-state index < -0.39 is 17.9 Å². The van der Waals surface area contributed by atoms with E-state index in [0.717, 1.165) is 5.39 Å². The molecule has 3 N–H and O–H groups in total. The van der Waals surface area contributed by atoms with Crippen molar-refractivity contribution in [3.05, 3.63) is 36.0 Å². The number of pyridine rings is 1. The van der Waals surface area contributed by atoms with E-state index in [1.54, 1.807) is 30.5 Å². The number of phenols is 1. The van der Waals surface area contributed by atoms with Crippen LogP contribution in [0.4, 0.5) is 0 Å². The number of benzene rings is 1. The summed E-state index contributed by atoms with van der Waals surface area (Å²) in [5.41, 5.74) is 0.496. The Morgan fingerprint density at radius 2 is 2.14 bits per heavy atom. The highest BCUT2D eigenvalue weighted by Crippen LogP contribution is 2.28. The van der Waals surface area contributed by atoms with Gasteiger partial charge in [-0.2, -0.15) is 0 Å². The summed E-state index contributed by atoms with van der Waals surface area (Å²) in [6, 6.07) is 6.00. The van der Waals surface area contributed by atoms with Crippen LogP contribution in [0, 0.1) is 0 Å². The van der Waals surface area contributed by atoms with Crippen molar-refractivity contribution < 1.29 is 19.8 Å². The smallest absolute Gasteiger partial charge is 0.322 e. The number of hydrogen-bond donors (Lipinski definition) is 3. The lowest BCUT2D eigenvalue weighted by Crippen LogP contribution is -2.55. The molecule has 7 heteroatoms. The Balaban J connectivity index is 1.92. The molecule has 7 nitrogen and oxygen atoms in total. The van der Waals surface area contributed by atoms with E-state index in [-0.39, 0.29) is 17.9 Å². The first kappa shape index (κ1) is 14.3. The maximum Gasteiger partial charge on any atom is 0.322 e. The van der Waals surface area contributed by atoms with Crippen molar-refractivity contribution in [1.29, 1.82) is 0 Å². The highest BCUT2D eigenvalue weighted by molar-refractivity contribution is 6.02. The third-order valence-corrected chi connectivity index (χ3v) is 3.74. The summed E-state index contributed by atoms with van der Waals surface area (Å²) in [5, 5.41) is 22.9. The topological polar surface area (TPSA) is 103 Å². The fraction of sp³-hybridized carbons (Fsp3) is 0.267. The van der Waals surface area contributed by atoms with Gasteiger partial charge in [-0.25, -0.2) is 0 Å². The summed E-state index contributed by atoms with van der Waals surface area (Å²) in [4.78, 5) is 29.1. The lowest BCUT2D eigenvalue weighted by atomic mass is 10.1.